The van der Waals surface area contributed by atoms with Crippen LogP contribution in [0, 0.1) is 0 Å². The van der Waals surface area contributed by atoms with Crippen LogP contribution in [0.15, 0.2) is 0 Å². The lowest BCUT2D eigenvalue weighted by molar-refractivity contribution is 0.554. The first-order valence-corrected chi connectivity index (χ1v) is 6.08. The molecule has 3 nitrogen and oxygen atoms in total. The quantitative estimate of drug-likeness (QED) is 0.751. The molecule has 4 heteroatoms. The first kappa shape index (κ1) is 11.5. The first-order chi connectivity index (χ1) is 6.81. The zero-order valence-corrected chi connectivity index (χ0v) is 9.73. The summed E-state index contributed by atoms with van der Waals surface area (Å²) in [5.74, 6) is 0.460. The number of thiazole rings is 1. The number of aryl methyl sites for hydroxylation is 1. The molecule has 1 aromatic heterocycles. The fourth-order valence-electron chi connectivity index (χ4n) is 1.76. The van der Waals surface area contributed by atoms with E-state index in [0.717, 1.165) is 6.42 Å². The van der Waals surface area contributed by atoms with Gasteiger partial charge in [0.25, 0.3) is 0 Å². The molecule has 1 aromatic rings. The maximum atomic E-state index is 5.65. The van der Waals surface area contributed by atoms with Crippen molar-refractivity contribution in [1.29, 1.82) is 0 Å². The van der Waals surface area contributed by atoms with Gasteiger partial charge in [0.05, 0.1) is 5.69 Å². The summed E-state index contributed by atoms with van der Waals surface area (Å²) in [6, 6.07) is 0. The van der Waals surface area contributed by atoms with E-state index in [1.807, 2.05) is 13.8 Å². The highest BCUT2D eigenvalue weighted by molar-refractivity contribution is 7.15. The minimum Gasteiger partial charge on any atom is -0.375 e. The van der Waals surface area contributed by atoms with Crippen molar-refractivity contribution in [2.45, 2.75) is 39.0 Å². The van der Waals surface area contributed by atoms with Crippen molar-refractivity contribution in [3.63, 3.8) is 0 Å². The van der Waals surface area contributed by atoms with Crippen LogP contribution >= 0.6 is 11.3 Å². The lowest BCUT2D eigenvalue weighted by atomic mass is 9.91. The lowest BCUT2D eigenvalue weighted by Crippen LogP contribution is -2.17. The summed E-state index contributed by atoms with van der Waals surface area (Å²) in [6.07, 6.45) is 3.55. The Bertz CT molecular complexity index is 283. The van der Waals surface area contributed by atoms with E-state index < -0.39 is 0 Å². The highest BCUT2D eigenvalue weighted by Gasteiger charge is 2.22. The molecule has 0 bridgehead atoms. The Labute approximate surface area is 89.5 Å². The van der Waals surface area contributed by atoms with Crippen LogP contribution in [-0.2, 0) is 6.42 Å². The molecule has 1 heterocycles. The van der Waals surface area contributed by atoms with Crippen LogP contribution in [0.5, 0.6) is 0 Å². The van der Waals surface area contributed by atoms with E-state index in [4.69, 9.17) is 11.5 Å². The van der Waals surface area contributed by atoms with Crippen LogP contribution in [0.3, 0.4) is 0 Å². The van der Waals surface area contributed by atoms with Gasteiger partial charge >= 0.3 is 0 Å². The molecule has 80 valence electrons. The Kier molecular flexibility index (Phi) is 4.35. The molecule has 2 rings (SSSR count). The molecule has 0 aliphatic heterocycles. The number of fused-ring (bicyclic) bond motifs is 1. The summed E-state index contributed by atoms with van der Waals surface area (Å²) in [5, 5.41) is 0.695. The molecule has 1 aliphatic carbocycles. The molecule has 0 radical (unpaired) electrons. The van der Waals surface area contributed by atoms with Crippen molar-refractivity contribution in [3.8, 4) is 0 Å². The molecule has 14 heavy (non-hydrogen) atoms. The minimum atomic E-state index is 0.460. The van der Waals surface area contributed by atoms with Crippen molar-refractivity contribution >= 4 is 16.5 Å². The van der Waals surface area contributed by atoms with Crippen LogP contribution < -0.4 is 11.5 Å². The number of hydrogen-bond acceptors (Lipinski definition) is 4. The van der Waals surface area contributed by atoms with Crippen LogP contribution in [0.1, 0.15) is 43.2 Å². The minimum absolute atomic E-state index is 0.460. The normalized spacial score (nSPS) is 19.5. The number of hydrogen-bond donors (Lipinski definition) is 2. The SMILES string of the molecule is CC.NCC1CCCc2sc(N)nc21. The van der Waals surface area contributed by atoms with Crippen LogP contribution in [0.25, 0.3) is 0 Å². The van der Waals surface area contributed by atoms with Crippen molar-refractivity contribution < 1.29 is 0 Å². The largest absolute Gasteiger partial charge is 0.375 e. The Balaban J connectivity index is 0.000000461. The van der Waals surface area contributed by atoms with Crippen molar-refractivity contribution in [2.24, 2.45) is 5.73 Å². The molecule has 4 N–H and O–H groups in total. The Morgan fingerprint density at radius 2 is 2.21 bits per heavy atom. The molecule has 1 atom stereocenters. The van der Waals surface area contributed by atoms with Gasteiger partial charge in [-0.3, -0.25) is 0 Å². The van der Waals surface area contributed by atoms with Gasteiger partial charge in [-0.05, 0) is 19.3 Å². The predicted octanol–water partition coefficient (Wildman–Crippen LogP) is 2.13. The van der Waals surface area contributed by atoms with Crippen molar-refractivity contribution in [3.05, 3.63) is 10.6 Å². The van der Waals surface area contributed by atoms with Gasteiger partial charge in [0, 0.05) is 17.3 Å². The van der Waals surface area contributed by atoms with Gasteiger partial charge in [-0.2, -0.15) is 0 Å². The van der Waals surface area contributed by atoms with Crippen molar-refractivity contribution in [2.75, 3.05) is 12.3 Å². The summed E-state index contributed by atoms with van der Waals surface area (Å²) in [7, 11) is 0. The molecule has 0 aromatic carbocycles. The Morgan fingerprint density at radius 3 is 2.86 bits per heavy atom. The second-order valence-electron chi connectivity index (χ2n) is 3.19. The molecule has 0 fully saturated rings. The average Bonchev–Trinajstić information content (AvgIpc) is 2.60. The van der Waals surface area contributed by atoms with Crippen LogP contribution in [-0.4, -0.2) is 11.5 Å². The third kappa shape index (κ3) is 2.25. The fourth-order valence-corrected chi connectivity index (χ4v) is 2.72. The Morgan fingerprint density at radius 1 is 1.50 bits per heavy atom. The second kappa shape index (κ2) is 5.32. The molecule has 1 unspecified atom stereocenters. The summed E-state index contributed by atoms with van der Waals surface area (Å²) in [6.45, 7) is 4.70. The number of rotatable bonds is 1. The Hall–Kier alpha value is -0.610. The highest BCUT2D eigenvalue weighted by Crippen LogP contribution is 2.34. The van der Waals surface area contributed by atoms with Gasteiger partial charge in [0.15, 0.2) is 5.13 Å². The third-order valence-corrected chi connectivity index (χ3v) is 3.33. The maximum absolute atomic E-state index is 5.65. The van der Waals surface area contributed by atoms with E-state index in [1.165, 1.54) is 23.4 Å². The van der Waals surface area contributed by atoms with E-state index >= 15 is 0 Å². The van der Waals surface area contributed by atoms with Crippen LogP contribution in [0.2, 0.25) is 0 Å². The summed E-state index contributed by atoms with van der Waals surface area (Å²) in [4.78, 5) is 5.68. The number of nitrogens with two attached hydrogens (primary N) is 2. The van der Waals surface area contributed by atoms with E-state index in [9.17, 15) is 0 Å². The predicted molar refractivity (Wildman–Crippen MR) is 62.6 cm³/mol. The van der Waals surface area contributed by atoms with Gasteiger partial charge in [-0.25, -0.2) is 4.98 Å². The zero-order chi connectivity index (χ0) is 10.6. The first-order valence-electron chi connectivity index (χ1n) is 5.26. The fraction of sp³-hybridized carbons (Fsp3) is 0.700. The number of nitrogen functional groups attached to an aromatic ring is 1. The molecular formula is C10H19N3S. The number of aromatic nitrogens is 1. The molecule has 0 saturated carbocycles. The van der Waals surface area contributed by atoms with Crippen molar-refractivity contribution in [1.82, 2.24) is 4.98 Å². The standard InChI is InChI=1S/C8H13N3S.C2H6/c9-4-5-2-1-3-6-7(5)11-8(10)12-6;1-2/h5H,1-4,9H2,(H2,10,11);1-2H3. The van der Waals surface area contributed by atoms with E-state index in [1.54, 1.807) is 11.3 Å². The van der Waals surface area contributed by atoms with E-state index in [-0.39, 0.29) is 0 Å². The van der Waals surface area contributed by atoms with E-state index in [2.05, 4.69) is 4.98 Å². The smallest absolute Gasteiger partial charge is 0.180 e. The summed E-state index contributed by atoms with van der Waals surface area (Å²) in [5.41, 5.74) is 12.5. The summed E-state index contributed by atoms with van der Waals surface area (Å²) < 4.78 is 0. The topological polar surface area (TPSA) is 64.9 Å². The third-order valence-electron chi connectivity index (χ3n) is 2.37. The number of anilines is 1. The average molecular weight is 213 g/mol. The molecule has 0 amide bonds. The molecule has 0 spiro atoms. The molecular weight excluding hydrogens is 194 g/mol. The lowest BCUT2D eigenvalue weighted by Gasteiger charge is -2.18. The molecule has 1 aliphatic rings. The monoisotopic (exact) mass is 213 g/mol. The van der Waals surface area contributed by atoms with Gasteiger partial charge in [-0.1, -0.05) is 13.8 Å². The second-order valence-corrected chi connectivity index (χ2v) is 4.30. The van der Waals surface area contributed by atoms with E-state index in [0.29, 0.717) is 17.6 Å². The van der Waals surface area contributed by atoms with Gasteiger partial charge in [0.2, 0.25) is 0 Å². The molecule has 0 saturated heterocycles. The highest BCUT2D eigenvalue weighted by atomic mass is 32.1. The van der Waals surface area contributed by atoms with Gasteiger partial charge in [0.1, 0.15) is 0 Å². The zero-order valence-electron chi connectivity index (χ0n) is 8.92. The van der Waals surface area contributed by atoms with Crippen LogP contribution in [0.4, 0.5) is 5.13 Å². The van der Waals surface area contributed by atoms with Gasteiger partial charge in [-0.15, -0.1) is 11.3 Å². The maximum Gasteiger partial charge on any atom is 0.180 e. The summed E-state index contributed by atoms with van der Waals surface area (Å²) >= 11 is 1.62. The number of nitrogens with zero attached hydrogens (tertiary/aromatic N) is 1. The van der Waals surface area contributed by atoms with Gasteiger partial charge < -0.3 is 11.5 Å².